The first-order valence-electron chi connectivity index (χ1n) is 24.6. The summed E-state index contributed by atoms with van der Waals surface area (Å²) in [6.45, 7) is 8.21. The molecule has 0 saturated carbocycles. The molecule has 0 amide bonds. The molecule has 0 radical (unpaired) electrons. The second kappa shape index (κ2) is 25.2. The van der Waals surface area contributed by atoms with Gasteiger partial charge in [-0.2, -0.15) is 10.5 Å². The van der Waals surface area contributed by atoms with Gasteiger partial charge < -0.3 is 23.2 Å². The first-order valence-corrected chi connectivity index (χ1v) is 27.0. The predicted octanol–water partition coefficient (Wildman–Crippen LogP) is 16.2. The number of hydrogen-bond acceptors (Lipinski definition) is 13. The van der Waals surface area contributed by atoms with Crippen molar-refractivity contribution < 1.29 is 23.2 Å². The molecule has 1 saturated heterocycles. The van der Waals surface area contributed by atoms with Crippen LogP contribution in [0, 0.1) is 22.7 Å². The van der Waals surface area contributed by atoms with Crippen molar-refractivity contribution in [2.75, 3.05) is 0 Å². The minimum Gasteiger partial charge on any atom is -0.508 e. The zero-order chi connectivity index (χ0) is 56.4. The Labute approximate surface area is 487 Å². The normalized spacial score (nSPS) is 12.8. The average molecular weight is 1220 g/mol. The van der Waals surface area contributed by atoms with Crippen molar-refractivity contribution in [3.05, 3.63) is 225 Å². The minimum absolute atomic E-state index is 0.245. The van der Waals surface area contributed by atoms with Crippen LogP contribution >= 0.6 is 55.1 Å². The molecule has 80 heavy (non-hydrogen) atoms. The number of aromatic nitrogens is 6. The van der Waals surface area contributed by atoms with E-state index in [1.807, 2.05) is 91.0 Å². The van der Waals surface area contributed by atoms with E-state index < -0.39 is 0 Å². The SMILES string of the molecule is Brc1ccc2oc3nccnc3c2c1.CC1(C)OB(c2ccc(-c3ccc(C#N)cc3)cc2)OC1(C)C.Clc1nccnc1Cl.N#Cc1ccc(-c2ccc(-c3ccc4oc5nccnc5c4c3)cc2)cc1.Oc1ccc(Br)cc1. The van der Waals surface area contributed by atoms with Crippen molar-refractivity contribution in [1.29, 1.82) is 10.5 Å². The van der Waals surface area contributed by atoms with Crippen molar-refractivity contribution >= 4 is 112 Å². The van der Waals surface area contributed by atoms with Gasteiger partial charge in [0.2, 0.25) is 11.4 Å². The number of benzene rings is 7. The Bertz CT molecular complexity index is 4120. The zero-order valence-electron chi connectivity index (χ0n) is 43.2. The van der Waals surface area contributed by atoms with E-state index in [9.17, 15) is 0 Å². The number of hydrogen-bond donors (Lipinski definition) is 1. The van der Waals surface area contributed by atoms with Gasteiger partial charge >= 0.3 is 7.12 Å². The van der Waals surface area contributed by atoms with Crippen LogP contribution < -0.4 is 5.46 Å². The summed E-state index contributed by atoms with van der Waals surface area (Å²) in [5.74, 6) is 0.299. The Morgan fingerprint density at radius 1 is 0.450 bits per heavy atom. The maximum atomic E-state index is 8.92. The van der Waals surface area contributed by atoms with Crippen LogP contribution in [0.5, 0.6) is 5.75 Å². The lowest BCUT2D eigenvalue weighted by Crippen LogP contribution is -2.41. The van der Waals surface area contributed by atoms with Crippen molar-refractivity contribution in [1.82, 2.24) is 29.9 Å². The quantitative estimate of drug-likeness (QED) is 0.164. The van der Waals surface area contributed by atoms with Gasteiger partial charge in [0.1, 0.15) is 27.9 Å². The van der Waals surface area contributed by atoms with E-state index in [-0.39, 0.29) is 28.6 Å². The Hall–Kier alpha value is -8.32. The highest BCUT2D eigenvalue weighted by Gasteiger charge is 2.51. The minimum atomic E-state index is -0.338. The molecule has 13 rings (SSSR count). The summed E-state index contributed by atoms with van der Waals surface area (Å²) in [5.41, 5.74) is 12.6. The van der Waals surface area contributed by atoms with E-state index in [4.69, 9.17) is 57.0 Å². The lowest BCUT2D eigenvalue weighted by Gasteiger charge is -2.32. The molecule has 0 bridgehead atoms. The molecule has 1 aliphatic heterocycles. The second-order valence-corrected chi connectivity index (χ2v) is 21.3. The van der Waals surface area contributed by atoms with Gasteiger partial charge in [-0.1, -0.05) is 134 Å². The van der Waals surface area contributed by atoms with Crippen LogP contribution in [-0.2, 0) is 9.31 Å². The van der Waals surface area contributed by atoms with E-state index in [2.05, 4.69) is 144 Å². The average Bonchev–Trinajstić information content (AvgIpc) is 4.16. The first kappa shape index (κ1) is 56.4. The van der Waals surface area contributed by atoms with Crippen LogP contribution in [-0.4, -0.2) is 53.3 Å². The van der Waals surface area contributed by atoms with Crippen LogP contribution in [0.3, 0.4) is 0 Å². The van der Waals surface area contributed by atoms with E-state index in [1.165, 1.54) is 12.4 Å². The van der Waals surface area contributed by atoms with Crippen molar-refractivity contribution in [2.45, 2.75) is 38.9 Å². The molecule has 0 aliphatic carbocycles. The summed E-state index contributed by atoms with van der Waals surface area (Å²) in [7, 11) is -0.338. The van der Waals surface area contributed by atoms with Crippen molar-refractivity contribution in [3.8, 4) is 51.3 Å². The summed E-state index contributed by atoms with van der Waals surface area (Å²) in [5, 5.41) is 29.0. The zero-order valence-corrected chi connectivity index (χ0v) is 47.9. The fraction of sp³-hybridized carbons (Fsp3) is 0.0968. The number of nitriles is 2. The second-order valence-electron chi connectivity index (χ2n) is 18.8. The van der Waals surface area contributed by atoms with Crippen molar-refractivity contribution in [2.24, 2.45) is 0 Å². The summed E-state index contributed by atoms with van der Waals surface area (Å²) >= 11 is 17.5. The summed E-state index contributed by atoms with van der Waals surface area (Å²) in [6.07, 6.45) is 9.56. The number of aromatic hydroxyl groups is 1. The topological polar surface area (TPSA) is 190 Å². The molecule has 1 fully saturated rings. The van der Waals surface area contributed by atoms with Gasteiger partial charge in [-0.05, 0) is 145 Å². The fourth-order valence-electron chi connectivity index (χ4n) is 8.02. The molecular formula is C62H45BBr2Cl2N8O5. The Morgan fingerprint density at radius 2 is 0.812 bits per heavy atom. The van der Waals surface area contributed by atoms with Gasteiger partial charge in [0.25, 0.3) is 0 Å². The summed E-state index contributed by atoms with van der Waals surface area (Å²) < 4.78 is 25.4. The van der Waals surface area contributed by atoms with E-state index >= 15 is 0 Å². The highest BCUT2D eigenvalue weighted by Crippen LogP contribution is 2.37. The van der Waals surface area contributed by atoms with Gasteiger partial charge in [0.15, 0.2) is 10.3 Å². The number of phenolic OH excluding ortho intramolecular Hbond substituents is 1. The highest BCUT2D eigenvalue weighted by atomic mass is 79.9. The van der Waals surface area contributed by atoms with E-state index in [0.717, 1.165) is 80.8 Å². The Balaban J connectivity index is 0.000000131. The molecule has 18 heteroatoms. The molecule has 0 spiro atoms. The summed E-state index contributed by atoms with van der Waals surface area (Å²) in [6, 6.07) is 54.8. The Kier molecular flexibility index (Phi) is 17.8. The molecule has 6 heterocycles. The van der Waals surface area contributed by atoms with E-state index in [1.54, 1.807) is 49.1 Å². The number of nitrogens with zero attached hydrogens (tertiary/aromatic N) is 8. The number of rotatable bonds is 4. The standard InChI is InChI=1S/C23H13N3O.C19H20BNO2.C10H5BrN2O.C6H5BrO.C4H2Cl2N2/c24-14-15-1-3-16(4-2-15)17-5-7-18(8-6-17)19-9-10-21-20(13-19)22-23(27-21)26-12-11-25-22;1-18(2)19(3,4)23-20(22-18)17-11-9-16(10-12-17)15-7-5-14(13-21)6-8-15;11-6-1-2-8-7(5-6)9-10(14-8)13-4-3-12-9;7-5-1-3-6(8)4-2-5;5-3-4(6)8-2-1-7-3/h1-13H;5-12H,1-4H3;1-5H;1-4,8H;1-2H. The van der Waals surface area contributed by atoms with Crippen LogP contribution in [0.4, 0.5) is 0 Å². The number of fused-ring (bicyclic) bond motifs is 6. The lowest BCUT2D eigenvalue weighted by atomic mass is 9.78. The maximum Gasteiger partial charge on any atom is 0.494 e. The third-order valence-electron chi connectivity index (χ3n) is 13.0. The highest BCUT2D eigenvalue weighted by molar-refractivity contribution is 9.10. The van der Waals surface area contributed by atoms with Crippen LogP contribution in [0.25, 0.3) is 77.8 Å². The summed E-state index contributed by atoms with van der Waals surface area (Å²) in [4.78, 5) is 24.3. The molecule has 13 nitrogen and oxygen atoms in total. The molecule has 394 valence electrons. The van der Waals surface area contributed by atoms with Crippen molar-refractivity contribution in [3.63, 3.8) is 0 Å². The van der Waals surface area contributed by atoms with Gasteiger partial charge in [-0.15, -0.1) is 0 Å². The van der Waals surface area contributed by atoms with Crippen LogP contribution in [0.15, 0.2) is 213 Å². The number of furan rings is 2. The number of halogens is 4. The molecule has 1 aliphatic rings. The molecule has 5 aromatic heterocycles. The third kappa shape index (κ3) is 13.6. The maximum absolute atomic E-state index is 8.92. The molecule has 12 aromatic rings. The third-order valence-corrected chi connectivity index (χ3v) is 14.6. The van der Waals surface area contributed by atoms with E-state index in [0.29, 0.717) is 28.3 Å². The largest absolute Gasteiger partial charge is 0.508 e. The first-order chi connectivity index (χ1) is 38.6. The Morgan fingerprint density at radius 3 is 1.25 bits per heavy atom. The molecule has 0 atom stereocenters. The van der Waals surface area contributed by atoms with Gasteiger partial charge in [0.05, 0.1) is 34.5 Å². The number of phenols is 1. The smallest absolute Gasteiger partial charge is 0.494 e. The lowest BCUT2D eigenvalue weighted by molar-refractivity contribution is 0.00578. The molecule has 0 unspecified atom stereocenters. The van der Waals surface area contributed by atoms with Gasteiger partial charge in [-0.3, -0.25) is 0 Å². The fourth-order valence-corrected chi connectivity index (χ4v) is 8.86. The molecule has 1 N–H and O–H groups in total. The molecular weight excluding hydrogens is 1180 g/mol. The molecule has 7 aromatic carbocycles. The van der Waals surface area contributed by atoms with Gasteiger partial charge in [-0.25, -0.2) is 29.9 Å². The van der Waals surface area contributed by atoms with Crippen LogP contribution in [0.1, 0.15) is 38.8 Å². The monoisotopic (exact) mass is 1220 g/mol. The predicted molar refractivity (Wildman–Crippen MR) is 322 cm³/mol. The van der Waals surface area contributed by atoms with Gasteiger partial charge in [0, 0.05) is 56.9 Å². The van der Waals surface area contributed by atoms with Crippen LogP contribution in [0.2, 0.25) is 10.3 Å².